The minimum absolute atomic E-state index is 0.534. The summed E-state index contributed by atoms with van der Waals surface area (Å²) >= 11 is 0. The van der Waals surface area contributed by atoms with Gasteiger partial charge in [-0.2, -0.15) is 5.26 Å². The zero-order valence-electron chi connectivity index (χ0n) is 8.29. The van der Waals surface area contributed by atoms with Gasteiger partial charge in [0.25, 0.3) is 0 Å². The lowest BCUT2D eigenvalue weighted by Gasteiger charge is -2.28. The molecule has 0 spiro atoms. The van der Waals surface area contributed by atoms with Crippen LogP contribution in [0.25, 0.3) is 0 Å². The fourth-order valence-electron chi connectivity index (χ4n) is 1.45. The molecule has 1 aliphatic rings. The van der Waals surface area contributed by atoms with Crippen molar-refractivity contribution in [3.63, 3.8) is 0 Å². The summed E-state index contributed by atoms with van der Waals surface area (Å²) in [5.74, 6) is 0. The van der Waals surface area contributed by atoms with Gasteiger partial charge in [-0.05, 0) is 7.05 Å². The molecule has 0 aliphatic carbocycles. The van der Waals surface area contributed by atoms with E-state index in [1.807, 2.05) is 7.05 Å². The molecule has 0 aromatic heterocycles. The van der Waals surface area contributed by atoms with E-state index in [1.54, 1.807) is 0 Å². The molecule has 0 aromatic rings. The number of nitrogens with one attached hydrogen (secondary N) is 1. The van der Waals surface area contributed by atoms with E-state index in [1.165, 1.54) is 0 Å². The van der Waals surface area contributed by atoms with Gasteiger partial charge in [0.2, 0.25) is 0 Å². The zero-order valence-corrected chi connectivity index (χ0v) is 8.29. The molecule has 0 saturated carbocycles. The van der Waals surface area contributed by atoms with Gasteiger partial charge in [-0.3, -0.25) is 9.80 Å². The summed E-state index contributed by atoms with van der Waals surface area (Å²) in [6.45, 7) is 7.09. The maximum Gasteiger partial charge on any atom is 0.0863 e. The minimum Gasteiger partial charge on any atom is -0.314 e. The van der Waals surface area contributed by atoms with Gasteiger partial charge in [-0.1, -0.05) is 0 Å². The Kier molecular flexibility index (Phi) is 4.76. The monoisotopic (exact) mass is 182 g/mol. The topological polar surface area (TPSA) is 42.3 Å². The highest BCUT2D eigenvalue weighted by molar-refractivity contribution is 4.75. The van der Waals surface area contributed by atoms with Crippen LogP contribution in [0.1, 0.15) is 0 Å². The van der Waals surface area contributed by atoms with Gasteiger partial charge in [0.1, 0.15) is 0 Å². The van der Waals surface area contributed by atoms with Crippen LogP contribution in [-0.4, -0.2) is 62.7 Å². The summed E-state index contributed by atoms with van der Waals surface area (Å²) in [7, 11) is 1.99. The number of nitrogens with zero attached hydrogens (tertiary/aromatic N) is 3. The molecule has 13 heavy (non-hydrogen) atoms. The maximum absolute atomic E-state index is 8.46. The Morgan fingerprint density at radius 3 is 2.77 bits per heavy atom. The number of piperazine rings is 1. The highest BCUT2D eigenvalue weighted by Crippen LogP contribution is 1.92. The summed E-state index contributed by atoms with van der Waals surface area (Å²) in [4.78, 5) is 4.49. The molecule has 4 heteroatoms. The van der Waals surface area contributed by atoms with Crippen LogP contribution in [0.4, 0.5) is 0 Å². The molecule has 1 heterocycles. The SMILES string of the molecule is CN(CC#N)CCN1CCNCC1. The lowest BCUT2D eigenvalue weighted by atomic mass is 10.3. The van der Waals surface area contributed by atoms with Crippen molar-refractivity contribution in [2.75, 3.05) is 52.9 Å². The molecule has 1 saturated heterocycles. The fraction of sp³-hybridized carbons (Fsp3) is 0.889. The lowest BCUT2D eigenvalue weighted by Crippen LogP contribution is -2.45. The fourth-order valence-corrected chi connectivity index (χ4v) is 1.45. The van der Waals surface area contributed by atoms with Gasteiger partial charge in [-0.15, -0.1) is 0 Å². The van der Waals surface area contributed by atoms with E-state index in [9.17, 15) is 0 Å². The normalized spacial score (nSPS) is 18.8. The second kappa shape index (κ2) is 5.92. The molecule has 1 rings (SSSR count). The summed E-state index contributed by atoms with van der Waals surface area (Å²) in [6.07, 6.45) is 0. The van der Waals surface area contributed by atoms with Gasteiger partial charge < -0.3 is 5.32 Å². The summed E-state index contributed by atoms with van der Waals surface area (Å²) < 4.78 is 0. The van der Waals surface area contributed by atoms with Crippen molar-refractivity contribution >= 4 is 0 Å². The Morgan fingerprint density at radius 2 is 2.15 bits per heavy atom. The number of hydrogen-bond acceptors (Lipinski definition) is 4. The quantitative estimate of drug-likeness (QED) is 0.587. The Morgan fingerprint density at radius 1 is 1.46 bits per heavy atom. The third-order valence-corrected chi connectivity index (χ3v) is 2.35. The van der Waals surface area contributed by atoms with E-state index in [0.717, 1.165) is 39.3 Å². The van der Waals surface area contributed by atoms with Crippen molar-refractivity contribution in [3.8, 4) is 6.07 Å². The summed E-state index contributed by atoms with van der Waals surface area (Å²) in [5, 5.41) is 11.8. The Bertz CT molecular complexity index is 169. The van der Waals surface area contributed by atoms with Gasteiger partial charge >= 0.3 is 0 Å². The standard InChI is InChI=1S/C9H18N4/c1-12(5-2-10)8-9-13-6-3-11-4-7-13/h11H,3-9H2,1H3. The number of likely N-dealkylation sites (N-methyl/N-ethyl adjacent to an activating group) is 1. The average Bonchev–Trinajstić information content (AvgIpc) is 2.17. The average molecular weight is 182 g/mol. The van der Waals surface area contributed by atoms with Crippen LogP contribution in [0.15, 0.2) is 0 Å². The molecule has 1 fully saturated rings. The smallest absolute Gasteiger partial charge is 0.0863 e. The van der Waals surface area contributed by atoms with E-state index in [2.05, 4.69) is 21.2 Å². The first-order chi connectivity index (χ1) is 6.33. The van der Waals surface area contributed by atoms with Crippen LogP contribution in [0.3, 0.4) is 0 Å². The molecular formula is C9H18N4. The van der Waals surface area contributed by atoms with Gasteiger partial charge in [-0.25, -0.2) is 0 Å². The Balaban J connectivity index is 2.07. The van der Waals surface area contributed by atoms with Crippen LogP contribution in [-0.2, 0) is 0 Å². The predicted octanol–water partition coefficient (Wildman–Crippen LogP) is -0.653. The van der Waals surface area contributed by atoms with E-state index >= 15 is 0 Å². The second-order valence-electron chi connectivity index (χ2n) is 3.49. The molecule has 74 valence electrons. The second-order valence-corrected chi connectivity index (χ2v) is 3.49. The molecule has 0 radical (unpaired) electrons. The number of hydrogen-bond donors (Lipinski definition) is 1. The van der Waals surface area contributed by atoms with Crippen molar-refractivity contribution in [1.29, 1.82) is 5.26 Å². The summed E-state index contributed by atoms with van der Waals surface area (Å²) in [5.41, 5.74) is 0. The van der Waals surface area contributed by atoms with Crippen LogP contribution >= 0.6 is 0 Å². The maximum atomic E-state index is 8.46. The molecule has 1 aliphatic heterocycles. The first-order valence-corrected chi connectivity index (χ1v) is 4.81. The molecule has 1 N–H and O–H groups in total. The van der Waals surface area contributed by atoms with E-state index < -0.39 is 0 Å². The Labute approximate surface area is 80.1 Å². The largest absolute Gasteiger partial charge is 0.314 e. The Hall–Kier alpha value is -0.630. The van der Waals surface area contributed by atoms with Gasteiger partial charge in [0.15, 0.2) is 0 Å². The van der Waals surface area contributed by atoms with Crippen LogP contribution in [0.2, 0.25) is 0 Å². The van der Waals surface area contributed by atoms with Crippen molar-refractivity contribution in [2.45, 2.75) is 0 Å². The highest BCUT2D eigenvalue weighted by Gasteiger charge is 2.09. The predicted molar refractivity (Wildman–Crippen MR) is 52.4 cm³/mol. The molecule has 4 nitrogen and oxygen atoms in total. The molecule has 0 amide bonds. The van der Waals surface area contributed by atoms with Crippen molar-refractivity contribution in [1.82, 2.24) is 15.1 Å². The van der Waals surface area contributed by atoms with Crippen LogP contribution in [0.5, 0.6) is 0 Å². The first kappa shape index (κ1) is 10.5. The van der Waals surface area contributed by atoms with Gasteiger partial charge in [0.05, 0.1) is 12.6 Å². The highest BCUT2D eigenvalue weighted by atomic mass is 15.2. The molecular weight excluding hydrogens is 164 g/mol. The van der Waals surface area contributed by atoms with Crippen molar-refractivity contribution in [3.05, 3.63) is 0 Å². The van der Waals surface area contributed by atoms with Crippen molar-refractivity contribution in [2.24, 2.45) is 0 Å². The van der Waals surface area contributed by atoms with E-state index in [-0.39, 0.29) is 0 Å². The lowest BCUT2D eigenvalue weighted by molar-refractivity contribution is 0.212. The number of nitriles is 1. The molecule has 0 bridgehead atoms. The van der Waals surface area contributed by atoms with Crippen LogP contribution in [0, 0.1) is 11.3 Å². The van der Waals surface area contributed by atoms with E-state index in [0.29, 0.717) is 6.54 Å². The van der Waals surface area contributed by atoms with Gasteiger partial charge in [0, 0.05) is 39.3 Å². The summed E-state index contributed by atoms with van der Waals surface area (Å²) in [6, 6.07) is 2.15. The molecule has 0 atom stereocenters. The third-order valence-electron chi connectivity index (χ3n) is 2.35. The van der Waals surface area contributed by atoms with Crippen molar-refractivity contribution < 1.29 is 0 Å². The number of rotatable bonds is 4. The first-order valence-electron chi connectivity index (χ1n) is 4.81. The third kappa shape index (κ3) is 4.23. The molecule has 0 unspecified atom stereocenters. The molecule has 0 aromatic carbocycles. The zero-order chi connectivity index (χ0) is 9.52. The minimum atomic E-state index is 0.534. The van der Waals surface area contributed by atoms with E-state index in [4.69, 9.17) is 5.26 Å². The van der Waals surface area contributed by atoms with Crippen LogP contribution < -0.4 is 5.32 Å².